The van der Waals surface area contributed by atoms with E-state index >= 15 is 0 Å². The van der Waals surface area contributed by atoms with Crippen molar-refractivity contribution >= 4 is 11.9 Å². The molecule has 0 aliphatic carbocycles. The third-order valence-corrected chi connectivity index (χ3v) is 14.0. The molecule has 0 aromatic carbocycles. The molecule has 0 radical (unpaired) electrons. The first-order valence-electron chi connectivity index (χ1n) is 29.8. The molecule has 1 rings (SSSR count). The number of nitrogens with one attached hydrogen (secondary N) is 1. The van der Waals surface area contributed by atoms with E-state index in [0.717, 1.165) is 83.5 Å². The molecule has 0 spiro atoms. The van der Waals surface area contributed by atoms with Crippen molar-refractivity contribution < 1.29 is 49.3 Å². The summed E-state index contributed by atoms with van der Waals surface area (Å²) in [6.07, 6.45) is 46.1. The van der Waals surface area contributed by atoms with Gasteiger partial charge in [-0.25, -0.2) is 0 Å². The van der Waals surface area contributed by atoms with Gasteiger partial charge in [0.2, 0.25) is 5.91 Å². The number of carbonyl (C=O) groups is 2. The van der Waals surface area contributed by atoms with Crippen LogP contribution in [0.4, 0.5) is 0 Å². The number of unbranched alkanes of at least 4 members (excludes halogenated alkanes) is 32. The minimum atomic E-state index is -1.61. The van der Waals surface area contributed by atoms with Gasteiger partial charge < -0.3 is 45.1 Å². The summed E-state index contributed by atoms with van der Waals surface area (Å²) in [4.78, 5) is 26.5. The normalized spacial score (nSPS) is 19.8. The maximum Gasteiger partial charge on any atom is 0.306 e. The lowest BCUT2D eigenvalue weighted by atomic mass is 9.99. The standard InChI is InChI=1S/C60H111NO10/c1-4-7-10-13-16-19-22-25-27-28-29-32-35-38-41-44-47-53(64)59(68)61-51(52(63)46-43-40-37-34-31-24-21-18-15-12-9-6-3)50-69-60-58(57(67)56(66)54(49-62)70-60)71-55(65)48-45-42-39-36-33-30-26-23-20-17-14-11-8-5-2/h16,19,25,27,43,46,51-54,56-58,60,62-64,66-67H,4-15,17-18,20-24,26,28-42,44-45,47-50H2,1-3H3,(H,61,68)/b19-16-,27-25-,46-43+. The SMILES string of the molecule is CCCCC/C=C\C/C=C\CCCCCCCCC(O)C(=O)NC(COC1OC(CO)C(O)C(O)C1OC(=O)CCCCCCCCCCCCCCCC)C(O)/C=C/CCCCCCCCCCCC. The number of allylic oxidation sites excluding steroid dienone is 5. The summed E-state index contributed by atoms with van der Waals surface area (Å²) in [6.45, 7) is 5.76. The summed E-state index contributed by atoms with van der Waals surface area (Å²) in [6, 6.07) is -1.02. The number of carbonyl (C=O) groups excluding carboxylic acids is 2. The number of amides is 1. The third-order valence-electron chi connectivity index (χ3n) is 14.0. The minimum Gasteiger partial charge on any atom is -0.454 e. The smallest absolute Gasteiger partial charge is 0.306 e. The first-order chi connectivity index (χ1) is 34.7. The monoisotopic (exact) mass is 1010 g/mol. The van der Waals surface area contributed by atoms with Crippen molar-refractivity contribution in [1.29, 1.82) is 0 Å². The number of hydrogen-bond acceptors (Lipinski definition) is 10. The Morgan fingerprint density at radius 1 is 0.549 bits per heavy atom. The summed E-state index contributed by atoms with van der Waals surface area (Å²) in [7, 11) is 0. The number of aliphatic hydroxyl groups excluding tert-OH is 5. The number of ether oxygens (including phenoxy) is 3. The van der Waals surface area contributed by atoms with Gasteiger partial charge >= 0.3 is 5.97 Å². The van der Waals surface area contributed by atoms with E-state index in [9.17, 15) is 35.1 Å². The maximum atomic E-state index is 13.4. The van der Waals surface area contributed by atoms with E-state index in [4.69, 9.17) is 14.2 Å². The van der Waals surface area contributed by atoms with Gasteiger partial charge in [-0.05, 0) is 57.8 Å². The lowest BCUT2D eigenvalue weighted by molar-refractivity contribution is -0.305. The third kappa shape index (κ3) is 37.3. The van der Waals surface area contributed by atoms with Gasteiger partial charge in [-0.2, -0.15) is 0 Å². The average Bonchev–Trinajstić information content (AvgIpc) is 3.37. The van der Waals surface area contributed by atoms with Crippen LogP contribution in [0, 0.1) is 0 Å². The number of rotatable bonds is 50. The molecule has 1 fully saturated rings. The van der Waals surface area contributed by atoms with Crippen LogP contribution >= 0.6 is 0 Å². The first kappa shape index (κ1) is 66.9. The van der Waals surface area contributed by atoms with Crippen molar-refractivity contribution in [2.45, 2.75) is 320 Å². The van der Waals surface area contributed by atoms with Gasteiger partial charge in [-0.1, -0.05) is 243 Å². The van der Waals surface area contributed by atoms with Gasteiger partial charge in [0.25, 0.3) is 0 Å². The highest BCUT2D eigenvalue weighted by Gasteiger charge is 2.47. The average molecular weight is 1010 g/mol. The lowest BCUT2D eigenvalue weighted by Crippen LogP contribution is -2.61. The van der Waals surface area contributed by atoms with Crippen molar-refractivity contribution in [3.63, 3.8) is 0 Å². The predicted octanol–water partition coefficient (Wildman–Crippen LogP) is 13.5. The van der Waals surface area contributed by atoms with E-state index in [1.54, 1.807) is 6.08 Å². The molecule has 0 bridgehead atoms. The van der Waals surface area contributed by atoms with Crippen LogP contribution in [0.3, 0.4) is 0 Å². The summed E-state index contributed by atoms with van der Waals surface area (Å²) in [5.41, 5.74) is 0. The van der Waals surface area contributed by atoms with Crippen LogP contribution in [0.25, 0.3) is 0 Å². The van der Waals surface area contributed by atoms with Crippen molar-refractivity contribution in [3.8, 4) is 0 Å². The highest BCUT2D eigenvalue weighted by Crippen LogP contribution is 2.26. The molecule has 1 heterocycles. The molecule has 0 saturated carbocycles. The second kappa shape index (κ2) is 48.8. The van der Waals surface area contributed by atoms with Gasteiger partial charge in [0.1, 0.15) is 24.4 Å². The number of aliphatic hydroxyl groups is 5. The van der Waals surface area contributed by atoms with Gasteiger partial charge in [0, 0.05) is 6.42 Å². The maximum absolute atomic E-state index is 13.4. The molecule has 416 valence electrons. The summed E-state index contributed by atoms with van der Waals surface area (Å²) in [5.74, 6) is -1.19. The van der Waals surface area contributed by atoms with Crippen LogP contribution in [0.15, 0.2) is 36.5 Å². The highest BCUT2D eigenvalue weighted by atomic mass is 16.7. The molecular weight excluding hydrogens is 895 g/mol. The molecule has 1 saturated heterocycles. The number of hydrogen-bond donors (Lipinski definition) is 6. The van der Waals surface area contributed by atoms with E-state index in [1.165, 1.54) is 141 Å². The van der Waals surface area contributed by atoms with Crippen LogP contribution in [-0.4, -0.2) is 99.6 Å². The molecule has 0 aromatic rings. The Labute approximate surface area is 434 Å². The second-order valence-corrected chi connectivity index (χ2v) is 20.7. The summed E-state index contributed by atoms with van der Waals surface area (Å²) < 4.78 is 17.6. The quantitative estimate of drug-likeness (QED) is 0.0195. The Kier molecular flexibility index (Phi) is 46.0. The van der Waals surface area contributed by atoms with Crippen molar-refractivity contribution in [2.75, 3.05) is 13.2 Å². The fraction of sp³-hybridized carbons (Fsp3) is 0.867. The van der Waals surface area contributed by atoms with E-state index < -0.39 is 67.4 Å². The Balaban J connectivity index is 2.72. The van der Waals surface area contributed by atoms with Crippen LogP contribution in [-0.2, 0) is 23.8 Å². The molecule has 1 aliphatic rings. The van der Waals surface area contributed by atoms with Crippen molar-refractivity contribution in [2.24, 2.45) is 0 Å². The zero-order valence-corrected chi connectivity index (χ0v) is 45.9. The minimum absolute atomic E-state index is 0.127. The van der Waals surface area contributed by atoms with E-state index in [2.05, 4.69) is 50.4 Å². The van der Waals surface area contributed by atoms with Gasteiger partial charge in [-0.3, -0.25) is 9.59 Å². The van der Waals surface area contributed by atoms with E-state index in [-0.39, 0.29) is 19.4 Å². The van der Waals surface area contributed by atoms with Gasteiger partial charge in [0.15, 0.2) is 12.4 Å². The summed E-state index contributed by atoms with van der Waals surface area (Å²) in [5, 5.41) is 56.8. The van der Waals surface area contributed by atoms with Crippen LogP contribution in [0.1, 0.15) is 271 Å². The molecule has 1 aliphatic heterocycles. The molecule has 11 nitrogen and oxygen atoms in total. The largest absolute Gasteiger partial charge is 0.454 e. The zero-order chi connectivity index (χ0) is 51.8. The lowest BCUT2D eigenvalue weighted by Gasteiger charge is -2.41. The van der Waals surface area contributed by atoms with Crippen LogP contribution < -0.4 is 5.32 Å². The molecule has 0 aromatic heterocycles. The fourth-order valence-electron chi connectivity index (χ4n) is 9.27. The van der Waals surface area contributed by atoms with Crippen LogP contribution in [0.5, 0.6) is 0 Å². The summed E-state index contributed by atoms with van der Waals surface area (Å²) >= 11 is 0. The van der Waals surface area contributed by atoms with Gasteiger partial charge in [-0.15, -0.1) is 0 Å². The van der Waals surface area contributed by atoms with E-state index in [1.807, 2.05) is 6.08 Å². The molecule has 8 atom stereocenters. The first-order valence-corrected chi connectivity index (χ1v) is 29.8. The molecule has 11 heteroatoms. The molecule has 8 unspecified atom stereocenters. The second-order valence-electron chi connectivity index (χ2n) is 20.7. The Morgan fingerprint density at radius 2 is 0.972 bits per heavy atom. The topological polar surface area (TPSA) is 175 Å². The van der Waals surface area contributed by atoms with E-state index in [0.29, 0.717) is 12.8 Å². The Morgan fingerprint density at radius 3 is 1.46 bits per heavy atom. The predicted molar refractivity (Wildman–Crippen MR) is 292 cm³/mol. The zero-order valence-electron chi connectivity index (χ0n) is 45.9. The van der Waals surface area contributed by atoms with Crippen LogP contribution in [0.2, 0.25) is 0 Å². The van der Waals surface area contributed by atoms with Crippen molar-refractivity contribution in [1.82, 2.24) is 5.32 Å². The van der Waals surface area contributed by atoms with Gasteiger partial charge in [0.05, 0.1) is 25.4 Å². The number of esters is 1. The Bertz CT molecular complexity index is 1290. The molecule has 71 heavy (non-hydrogen) atoms. The molecule has 1 amide bonds. The highest BCUT2D eigenvalue weighted by molar-refractivity contribution is 5.80. The Hall–Kier alpha value is -2.12. The fourth-order valence-corrected chi connectivity index (χ4v) is 9.27. The molecular formula is C60H111NO10. The van der Waals surface area contributed by atoms with Crippen molar-refractivity contribution in [3.05, 3.63) is 36.5 Å². The molecule has 6 N–H and O–H groups in total.